The fourth-order valence-corrected chi connectivity index (χ4v) is 2.85. The van der Waals surface area contributed by atoms with Crippen molar-refractivity contribution in [2.75, 3.05) is 0 Å². The molecule has 0 bridgehead atoms. The van der Waals surface area contributed by atoms with Crippen molar-refractivity contribution in [1.29, 1.82) is 0 Å². The highest BCUT2D eigenvalue weighted by Gasteiger charge is 2.40. The number of hydrogen-bond acceptors (Lipinski definition) is 3. The van der Waals surface area contributed by atoms with E-state index in [9.17, 15) is 18.0 Å². The molecular weight excluding hydrogens is 295 g/mol. The average molecular weight is 307 g/mol. The van der Waals surface area contributed by atoms with E-state index in [0.29, 0.717) is 0 Å². The van der Waals surface area contributed by atoms with Gasteiger partial charge in [0.2, 0.25) is 11.6 Å². The molecule has 4 rings (SSSR count). The standard InChI is InChI=1S/C15H12F3N3O/c16-9-3-1-2-8(12(9)18)11-6-10(17)15-19-14(20-21(11)15)13(22)7-4-5-7/h1-3,7,10-11H,4-6H2. The molecule has 0 radical (unpaired) electrons. The Morgan fingerprint density at radius 1 is 1.27 bits per heavy atom. The highest BCUT2D eigenvalue weighted by Crippen LogP contribution is 2.41. The third-order valence-electron chi connectivity index (χ3n) is 4.17. The summed E-state index contributed by atoms with van der Waals surface area (Å²) in [5.41, 5.74) is 0.0247. The molecule has 2 unspecified atom stereocenters. The Balaban J connectivity index is 1.76. The maximum atomic E-state index is 14.1. The minimum Gasteiger partial charge on any atom is -0.290 e. The third-order valence-corrected chi connectivity index (χ3v) is 4.17. The summed E-state index contributed by atoms with van der Waals surface area (Å²) in [7, 11) is 0. The first-order valence-corrected chi connectivity index (χ1v) is 7.15. The van der Waals surface area contributed by atoms with E-state index in [2.05, 4.69) is 10.1 Å². The smallest absolute Gasteiger partial charge is 0.217 e. The molecule has 1 aliphatic carbocycles. The van der Waals surface area contributed by atoms with Crippen molar-refractivity contribution < 1.29 is 18.0 Å². The first-order chi connectivity index (χ1) is 10.6. The van der Waals surface area contributed by atoms with Crippen LogP contribution in [0, 0.1) is 17.6 Å². The fourth-order valence-electron chi connectivity index (χ4n) is 2.85. The lowest BCUT2D eigenvalue weighted by atomic mass is 10.0. The Labute approximate surface area is 124 Å². The Morgan fingerprint density at radius 3 is 2.77 bits per heavy atom. The maximum Gasteiger partial charge on any atom is 0.217 e. The molecule has 1 aromatic heterocycles. The van der Waals surface area contributed by atoms with Gasteiger partial charge in [0.25, 0.3) is 0 Å². The zero-order valence-corrected chi connectivity index (χ0v) is 11.5. The molecule has 2 aromatic rings. The van der Waals surface area contributed by atoms with Crippen LogP contribution in [0.5, 0.6) is 0 Å². The molecule has 1 fully saturated rings. The number of rotatable bonds is 3. The summed E-state index contributed by atoms with van der Waals surface area (Å²) in [6.07, 6.45) is 0.0852. The molecule has 1 aromatic carbocycles. The highest BCUT2D eigenvalue weighted by atomic mass is 19.2. The Kier molecular flexibility index (Phi) is 2.85. The van der Waals surface area contributed by atoms with Gasteiger partial charge in [0.1, 0.15) is 0 Å². The molecule has 114 valence electrons. The van der Waals surface area contributed by atoms with Crippen LogP contribution in [0.15, 0.2) is 18.2 Å². The SMILES string of the molecule is O=C(c1nc2n(n1)C(c1cccc(F)c1F)CC2F)C1CC1. The van der Waals surface area contributed by atoms with Crippen LogP contribution >= 0.6 is 0 Å². The average Bonchev–Trinajstić information content (AvgIpc) is 3.18. The van der Waals surface area contributed by atoms with E-state index < -0.39 is 23.8 Å². The number of fused-ring (bicyclic) bond motifs is 1. The monoisotopic (exact) mass is 307 g/mol. The van der Waals surface area contributed by atoms with Gasteiger partial charge in [-0.05, 0) is 18.9 Å². The number of benzene rings is 1. The van der Waals surface area contributed by atoms with Gasteiger partial charge < -0.3 is 0 Å². The second-order valence-electron chi connectivity index (χ2n) is 5.74. The summed E-state index contributed by atoms with van der Waals surface area (Å²) in [4.78, 5) is 16.0. The number of ketones is 1. The summed E-state index contributed by atoms with van der Waals surface area (Å²) in [5.74, 6) is -2.30. The van der Waals surface area contributed by atoms with Gasteiger partial charge in [0.05, 0.1) is 6.04 Å². The molecule has 2 heterocycles. The topological polar surface area (TPSA) is 47.8 Å². The summed E-state index contributed by atoms with van der Waals surface area (Å²) >= 11 is 0. The van der Waals surface area contributed by atoms with Crippen molar-refractivity contribution in [3.63, 3.8) is 0 Å². The third kappa shape index (κ3) is 1.95. The van der Waals surface area contributed by atoms with Gasteiger partial charge in [-0.1, -0.05) is 12.1 Å². The number of nitrogens with zero attached hydrogens (tertiary/aromatic N) is 3. The van der Waals surface area contributed by atoms with Crippen molar-refractivity contribution in [3.8, 4) is 0 Å². The normalized spacial score (nSPS) is 23.6. The molecule has 7 heteroatoms. The molecule has 0 N–H and O–H groups in total. The predicted molar refractivity (Wildman–Crippen MR) is 70.0 cm³/mol. The fraction of sp³-hybridized carbons (Fsp3) is 0.400. The number of Topliss-reactive ketones (excluding diaryl/α,β-unsaturated/α-hetero) is 1. The van der Waals surface area contributed by atoms with Crippen LogP contribution in [-0.2, 0) is 0 Å². The number of hydrogen-bond donors (Lipinski definition) is 0. The van der Waals surface area contributed by atoms with E-state index >= 15 is 0 Å². The zero-order valence-electron chi connectivity index (χ0n) is 11.5. The van der Waals surface area contributed by atoms with Crippen LogP contribution in [-0.4, -0.2) is 20.5 Å². The molecule has 22 heavy (non-hydrogen) atoms. The van der Waals surface area contributed by atoms with Gasteiger partial charge in [-0.2, -0.15) is 0 Å². The number of carbonyl (C=O) groups is 1. The molecule has 2 atom stereocenters. The van der Waals surface area contributed by atoms with Gasteiger partial charge >= 0.3 is 0 Å². The lowest BCUT2D eigenvalue weighted by Gasteiger charge is -2.12. The first-order valence-electron chi connectivity index (χ1n) is 7.15. The van der Waals surface area contributed by atoms with Crippen LogP contribution in [0.4, 0.5) is 13.2 Å². The number of aromatic nitrogens is 3. The van der Waals surface area contributed by atoms with Gasteiger partial charge in [0.15, 0.2) is 23.6 Å². The summed E-state index contributed by atoms with van der Waals surface area (Å²) in [6.45, 7) is 0. The number of carbonyl (C=O) groups excluding carboxylic acids is 1. The summed E-state index contributed by atoms with van der Waals surface area (Å²) in [5, 5.41) is 4.06. The molecule has 2 aliphatic rings. The van der Waals surface area contributed by atoms with Crippen LogP contribution < -0.4 is 0 Å². The minimum atomic E-state index is -1.44. The summed E-state index contributed by atoms with van der Waals surface area (Å²) < 4.78 is 42.7. The molecule has 0 spiro atoms. The summed E-state index contributed by atoms with van der Waals surface area (Å²) in [6, 6.07) is 2.99. The second-order valence-corrected chi connectivity index (χ2v) is 5.74. The van der Waals surface area contributed by atoms with Gasteiger partial charge in [-0.3, -0.25) is 4.79 Å². The lowest BCUT2D eigenvalue weighted by Crippen LogP contribution is -2.12. The van der Waals surface area contributed by atoms with Crippen LogP contribution in [0.1, 0.15) is 53.5 Å². The second kappa shape index (κ2) is 4.66. The van der Waals surface area contributed by atoms with Gasteiger partial charge in [-0.15, -0.1) is 5.10 Å². The largest absolute Gasteiger partial charge is 0.290 e. The number of alkyl halides is 1. The Morgan fingerprint density at radius 2 is 2.05 bits per heavy atom. The van der Waals surface area contributed by atoms with E-state index in [1.54, 1.807) is 0 Å². The molecule has 1 aliphatic heterocycles. The quantitative estimate of drug-likeness (QED) is 0.818. The van der Waals surface area contributed by atoms with E-state index in [1.807, 2.05) is 0 Å². The highest BCUT2D eigenvalue weighted by molar-refractivity contribution is 5.95. The Hall–Kier alpha value is -2.18. The van der Waals surface area contributed by atoms with Crippen LogP contribution in [0.3, 0.4) is 0 Å². The first kappa shape index (κ1) is 13.5. The van der Waals surface area contributed by atoms with Gasteiger partial charge in [-0.25, -0.2) is 22.8 Å². The van der Waals surface area contributed by atoms with Crippen molar-refractivity contribution in [2.24, 2.45) is 5.92 Å². The maximum absolute atomic E-state index is 14.1. The van der Waals surface area contributed by atoms with Crippen molar-refractivity contribution in [3.05, 3.63) is 47.0 Å². The minimum absolute atomic E-state index is 0.0117. The molecule has 0 amide bonds. The Bertz CT molecular complexity index is 769. The van der Waals surface area contributed by atoms with Crippen LogP contribution in [0.25, 0.3) is 0 Å². The van der Waals surface area contributed by atoms with Crippen molar-refractivity contribution in [1.82, 2.24) is 14.8 Å². The zero-order chi connectivity index (χ0) is 15.4. The predicted octanol–water partition coefficient (Wildman–Crippen LogP) is 3.15. The van der Waals surface area contributed by atoms with E-state index in [4.69, 9.17) is 0 Å². The van der Waals surface area contributed by atoms with E-state index in [0.717, 1.165) is 18.9 Å². The molecule has 4 nitrogen and oxygen atoms in total. The van der Waals surface area contributed by atoms with Gasteiger partial charge in [0, 0.05) is 17.9 Å². The molecular formula is C15H12F3N3O. The van der Waals surface area contributed by atoms with Crippen LogP contribution in [0.2, 0.25) is 0 Å². The van der Waals surface area contributed by atoms with Crippen molar-refractivity contribution >= 4 is 5.78 Å². The molecule has 1 saturated carbocycles. The van der Waals surface area contributed by atoms with Crippen molar-refractivity contribution in [2.45, 2.75) is 31.5 Å². The molecule has 0 saturated heterocycles. The van der Waals surface area contributed by atoms with E-state index in [-0.39, 0.29) is 35.3 Å². The number of halogens is 3. The lowest BCUT2D eigenvalue weighted by molar-refractivity contribution is 0.0956. The van der Waals surface area contributed by atoms with E-state index in [1.165, 1.54) is 16.8 Å².